The molecule has 0 spiro atoms. The number of hydrogen-bond donors (Lipinski definition) is 9. The molecule has 222 valence electrons. The quantitative estimate of drug-likeness (QED) is 0.0587. The number of aromatic hydroxyl groups is 1. The van der Waals surface area contributed by atoms with Gasteiger partial charge in [-0.1, -0.05) is 26.0 Å². The van der Waals surface area contributed by atoms with E-state index in [1.807, 2.05) is 0 Å². The van der Waals surface area contributed by atoms with Crippen LogP contribution in [0.3, 0.4) is 0 Å². The summed E-state index contributed by atoms with van der Waals surface area (Å²) in [5.74, 6) is -5.45. The van der Waals surface area contributed by atoms with Crippen LogP contribution in [0.5, 0.6) is 5.75 Å². The van der Waals surface area contributed by atoms with E-state index >= 15 is 0 Å². The van der Waals surface area contributed by atoms with Crippen LogP contribution in [0.15, 0.2) is 29.3 Å². The molecule has 0 aromatic heterocycles. The maximum absolute atomic E-state index is 13.1. The molecule has 40 heavy (non-hydrogen) atoms. The predicted molar refractivity (Wildman–Crippen MR) is 145 cm³/mol. The van der Waals surface area contributed by atoms with E-state index in [4.69, 9.17) is 22.3 Å². The van der Waals surface area contributed by atoms with Crippen molar-refractivity contribution < 1.29 is 39.3 Å². The maximum Gasteiger partial charge on any atom is 0.326 e. The largest absolute Gasteiger partial charge is 0.508 e. The van der Waals surface area contributed by atoms with Crippen LogP contribution in [0, 0.1) is 5.92 Å². The van der Waals surface area contributed by atoms with Crippen LogP contribution in [0.4, 0.5) is 0 Å². The van der Waals surface area contributed by atoms with Crippen LogP contribution in [0.25, 0.3) is 0 Å². The monoisotopic (exact) mass is 565 g/mol. The second-order valence-corrected chi connectivity index (χ2v) is 9.55. The number of nitrogens with one attached hydrogen (secondary N) is 3. The molecule has 0 saturated heterocycles. The molecule has 0 aliphatic rings. The van der Waals surface area contributed by atoms with Gasteiger partial charge in [-0.25, -0.2) is 4.79 Å². The Morgan fingerprint density at radius 3 is 2.00 bits per heavy atom. The zero-order valence-electron chi connectivity index (χ0n) is 22.5. The molecule has 12 N–H and O–H groups in total. The number of amides is 3. The van der Waals surface area contributed by atoms with Gasteiger partial charge in [0.25, 0.3) is 0 Å². The third kappa shape index (κ3) is 12.4. The van der Waals surface area contributed by atoms with E-state index < -0.39 is 66.2 Å². The number of aliphatic imine (C=N–C) groups is 1. The van der Waals surface area contributed by atoms with Gasteiger partial charge in [0.2, 0.25) is 17.7 Å². The number of nitrogens with two attached hydrogens (primary N) is 3. The number of hydrogen-bond acceptors (Lipinski definition) is 8. The third-order valence-corrected chi connectivity index (χ3v) is 5.82. The lowest BCUT2D eigenvalue weighted by Crippen LogP contribution is -2.58. The second-order valence-electron chi connectivity index (χ2n) is 9.55. The standard InChI is InChI=1S/C25H39N7O8/c1-13(2)20(23(38)31-18(24(39)40)12-14-5-7-15(33)8-6-14)32-22(37)17(9-10-19(34)35)30-21(36)16(26)4-3-11-29-25(27)28/h5-8,13,16-18,20,33H,3-4,9-12,26H2,1-2H3,(H,30,36)(H,31,38)(H,32,37)(H,34,35)(H,39,40)(H4,27,28,29). The molecule has 0 bridgehead atoms. The third-order valence-electron chi connectivity index (χ3n) is 5.82. The lowest BCUT2D eigenvalue weighted by atomic mass is 10.00. The first kappa shape index (κ1) is 33.6. The van der Waals surface area contributed by atoms with Crippen molar-refractivity contribution >= 4 is 35.6 Å². The number of carbonyl (C=O) groups is 5. The van der Waals surface area contributed by atoms with Crippen LogP contribution in [-0.4, -0.2) is 81.7 Å². The Balaban J connectivity index is 2.94. The number of phenolic OH excluding ortho intramolecular Hbond substituents is 1. The van der Waals surface area contributed by atoms with Crippen molar-refractivity contribution in [3.63, 3.8) is 0 Å². The summed E-state index contributed by atoms with van der Waals surface area (Å²) >= 11 is 0. The van der Waals surface area contributed by atoms with E-state index in [0.29, 0.717) is 12.0 Å². The zero-order valence-corrected chi connectivity index (χ0v) is 22.5. The number of carbonyl (C=O) groups excluding carboxylic acids is 3. The summed E-state index contributed by atoms with van der Waals surface area (Å²) in [7, 11) is 0. The number of rotatable bonds is 17. The van der Waals surface area contributed by atoms with Crippen LogP contribution in [0.1, 0.15) is 45.1 Å². The van der Waals surface area contributed by atoms with Gasteiger partial charge in [0.05, 0.1) is 6.04 Å². The van der Waals surface area contributed by atoms with E-state index in [9.17, 15) is 34.2 Å². The summed E-state index contributed by atoms with van der Waals surface area (Å²) in [4.78, 5) is 65.4. The van der Waals surface area contributed by atoms with Crippen molar-refractivity contribution in [1.82, 2.24) is 16.0 Å². The molecule has 0 aliphatic heterocycles. The Bertz CT molecular complexity index is 1060. The minimum absolute atomic E-state index is 0.00122. The fraction of sp³-hybridized carbons (Fsp3) is 0.520. The Kier molecular flexibility index (Phi) is 13.9. The number of carboxylic acid groups (broad SMARTS) is 2. The molecular formula is C25H39N7O8. The summed E-state index contributed by atoms with van der Waals surface area (Å²) in [5.41, 5.74) is 16.9. The van der Waals surface area contributed by atoms with Gasteiger partial charge in [0, 0.05) is 19.4 Å². The number of benzene rings is 1. The minimum atomic E-state index is -1.34. The number of aliphatic carboxylic acids is 2. The number of phenols is 1. The average molecular weight is 566 g/mol. The number of carboxylic acids is 2. The lowest BCUT2D eigenvalue weighted by Gasteiger charge is -2.27. The van der Waals surface area contributed by atoms with Crippen molar-refractivity contribution in [1.29, 1.82) is 0 Å². The fourth-order valence-electron chi connectivity index (χ4n) is 3.58. The highest BCUT2D eigenvalue weighted by Crippen LogP contribution is 2.12. The molecule has 15 heteroatoms. The van der Waals surface area contributed by atoms with Crippen molar-refractivity contribution in [2.24, 2.45) is 28.1 Å². The van der Waals surface area contributed by atoms with E-state index in [0.717, 1.165) is 0 Å². The van der Waals surface area contributed by atoms with Gasteiger partial charge in [-0.2, -0.15) is 0 Å². The Labute approximate surface area is 231 Å². The van der Waals surface area contributed by atoms with Gasteiger partial charge in [-0.3, -0.25) is 24.2 Å². The van der Waals surface area contributed by atoms with E-state index in [-0.39, 0.29) is 37.5 Å². The number of nitrogens with zero attached hydrogens (tertiary/aromatic N) is 1. The fourth-order valence-corrected chi connectivity index (χ4v) is 3.58. The summed E-state index contributed by atoms with van der Waals surface area (Å²) in [6, 6.07) is 0.897. The maximum atomic E-state index is 13.1. The van der Waals surface area contributed by atoms with Gasteiger partial charge < -0.3 is 48.5 Å². The smallest absolute Gasteiger partial charge is 0.326 e. The molecule has 0 heterocycles. The molecule has 1 rings (SSSR count). The summed E-state index contributed by atoms with van der Waals surface area (Å²) in [6.07, 6.45) is -0.255. The van der Waals surface area contributed by atoms with Crippen LogP contribution in [-0.2, 0) is 30.4 Å². The molecule has 15 nitrogen and oxygen atoms in total. The van der Waals surface area contributed by atoms with Crippen molar-refractivity contribution in [3.8, 4) is 5.75 Å². The zero-order chi connectivity index (χ0) is 30.4. The number of guanidine groups is 1. The summed E-state index contributed by atoms with van der Waals surface area (Å²) in [5, 5.41) is 35.5. The Hall–Kier alpha value is -4.40. The SMILES string of the molecule is CC(C)C(NC(=O)C(CCC(=O)O)NC(=O)C(N)CCCN=C(N)N)C(=O)NC(Cc1ccc(O)cc1)C(=O)O. The molecule has 1 aromatic carbocycles. The van der Waals surface area contributed by atoms with Crippen molar-refractivity contribution in [3.05, 3.63) is 29.8 Å². The molecule has 4 unspecified atom stereocenters. The first-order chi connectivity index (χ1) is 18.7. The van der Waals surface area contributed by atoms with Crippen molar-refractivity contribution in [2.75, 3.05) is 6.54 Å². The predicted octanol–water partition coefficient (Wildman–Crippen LogP) is -1.62. The lowest BCUT2D eigenvalue weighted by molar-refractivity contribution is -0.142. The van der Waals surface area contributed by atoms with Gasteiger partial charge in [0.15, 0.2) is 5.96 Å². The molecule has 0 fully saturated rings. The molecule has 0 aliphatic carbocycles. The van der Waals surface area contributed by atoms with Gasteiger partial charge >= 0.3 is 11.9 Å². The normalized spacial score (nSPS) is 13.8. The average Bonchev–Trinajstić information content (AvgIpc) is 2.87. The topological polar surface area (TPSA) is 273 Å². The second kappa shape index (κ2) is 16.5. The van der Waals surface area contributed by atoms with Crippen LogP contribution < -0.4 is 33.2 Å². The van der Waals surface area contributed by atoms with E-state index in [1.54, 1.807) is 13.8 Å². The molecule has 1 aromatic rings. The first-order valence-corrected chi connectivity index (χ1v) is 12.7. The first-order valence-electron chi connectivity index (χ1n) is 12.7. The van der Waals surface area contributed by atoms with E-state index in [2.05, 4.69) is 20.9 Å². The van der Waals surface area contributed by atoms with Gasteiger partial charge in [-0.15, -0.1) is 0 Å². The molecule has 0 saturated carbocycles. The molecular weight excluding hydrogens is 526 g/mol. The summed E-state index contributed by atoms with van der Waals surface area (Å²) in [6.45, 7) is 3.48. The molecule has 4 atom stereocenters. The minimum Gasteiger partial charge on any atom is -0.508 e. The Morgan fingerprint density at radius 2 is 1.48 bits per heavy atom. The van der Waals surface area contributed by atoms with Crippen molar-refractivity contribution in [2.45, 2.75) is 70.1 Å². The summed E-state index contributed by atoms with van der Waals surface area (Å²) < 4.78 is 0. The van der Waals surface area contributed by atoms with Gasteiger partial charge in [-0.05, 0) is 42.9 Å². The highest BCUT2D eigenvalue weighted by atomic mass is 16.4. The van der Waals surface area contributed by atoms with E-state index in [1.165, 1.54) is 24.3 Å². The van der Waals surface area contributed by atoms with Crippen LogP contribution in [0.2, 0.25) is 0 Å². The highest BCUT2D eigenvalue weighted by Gasteiger charge is 2.32. The Morgan fingerprint density at radius 1 is 0.875 bits per heavy atom. The van der Waals surface area contributed by atoms with Gasteiger partial charge in [0.1, 0.15) is 23.9 Å². The molecule has 3 amide bonds. The highest BCUT2D eigenvalue weighted by molar-refractivity contribution is 5.94. The molecule has 0 radical (unpaired) electrons. The van der Waals surface area contributed by atoms with Crippen LogP contribution >= 0.6 is 0 Å².